The minimum atomic E-state index is -3.48. The van der Waals surface area contributed by atoms with E-state index < -0.39 is 22.0 Å². The first-order chi connectivity index (χ1) is 12.4. The van der Waals surface area contributed by atoms with Gasteiger partial charge in [0.1, 0.15) is 6.04 Å². The highest BCUT2D eigenvalue weighted by molar-refractivity contribution is 7.89. The Kier molecular flexibility index (Phi) is 5.62. The molecule has 2 saturated heterocycles. The van der Waals surface area contributed by atoms with E-state index in [0.29, 0.717) is 38.0 Å². The molecule has 2 aliphatic heterocycles. The van der Waals surface area contributed by atoms with E-state index in [4.69, 9.17) is 0 Å². The molecule has 3 rings (SSSR count). The van der Waals surface area contributed by atoms with Crippen LogP contribution >= 0.6 is 0 Å². The van der Waals surface area contributed by atoms with Gasteiger partial charge >= 0.3 is 5.97 Å². The highest BCUT2D eigenvalue weighted by Gasteiger charge is 2.33. The maximum absolute atomic E-state index is 12.6. The number of piperidine rings is 1. The van der Waals surface area contributed by atoms with Gasteiger partial charge in [-0.25, -0.2) is 13.2 Å². The predicted octanol–water partition coefficient (Wildman–Crippen LogP) is 1.48. The van der Waals surface area contributed by atoms with Crippen LogP contribution in [0.15, 0.2) is 29.2 Å². The number of carbonyl (C=O) groups excluding carboxylic acids is 1. The van der Waals surface area contributed by atoms with E-state index in [0.717, 1.165) is 19.3 Å². The zero-order valence-corrected chi connectivity index (χ0v) is 15.5. The smallest absolute Gasteiger partial charge is 0.326 e. The molecule has 1 N–H and O–H groups in total. The number of nitrogens with zero attached hydrogens (tertiary/aromatic N) is 2. The van der Waals surface area contributed by atoms with E-state index in [1.165, 1.54) is 21.3 Å². The number of carboxylic acid groups (broad SMARTS) is 1. The highest BCUT2D eigenvalue weighted by Crippen LogP contribution is 2.22. The molecule has 1 aromatic carbocycles. The molecule has 1 amide bonds. The SMILES string of the molecule is O=C(O)[C@H]1CCCN1C(=O)Cc1ccc(S(=O)(=O)N2CCCCC2)cc1. The van der Waals surface area contributed by atoms with E-state index in [-0.39, 0.29) is 17.2 Å². The molecule has 0 aromatic heterocycles. The van der Waals surface area contributed by atoms with E-state index >= 15 is 0 Å². The van der Waals surface area contributed by atoms with Crippen LogP contribution in [0.3, 0.4) is 0 Å². The fourth-order valence-corrected chi connectivity index (χ4v) is 5.15. The van der Waals surface area contributed by atoms with Crippen molar-refractivity contribution in [2.75, 3.05) is 19.6 Å². The third-order valence-electron chi connectivity index (χ3n) is 5.09. The predicted molar refractivity (Wildman–Crippen MR) is 95.1 cm³/mol. The van der Waals surface area contributed by atoms with Gasteiger partial charge in [0.2, 0.25) is 15.9 Å². The van der Waals surface area contributed by atoms with Gasteiger partial charge in [0.05, 0.1) is 11.3 Å². The molecule has 0 spiro atoms. The van der Waals surface area contributed by atoms with Crippen LogP contribution in [0.2, 0.25) is 0 Å². The van der Waals surface area contributed by atoms with Gasteiger partial charge in [-0.1, -0.05) is 18.6 Å². The number of carbonyl (C=O) groups is 2. The summed E-state index contributed by atoms with van der Waals surface area (Å²) in [6.07, 6.45) is 4.07. The Morgan fingerprint density at radius 2 is 1.65 bits per heavy atom. The average molecular weight is 380 g/mol. The molecule has 142 valence electrons. The van der Waals surface area contributed by atoms with Gasteiger partial charge in [0.15, 0.2) is 0 Å². The van der Waals surface area contributed by atoms with Crippen LogP contribution in [0.25, 0.3) is 0 Å². The van der Waals surface area contributed by atoms with Crippen molar-refractivity contribution in [1.82, 2.24) is 9.21 Å². The Labute approximate surface area is 153 Å². The van der Waals surface area contributed by atoms with Crippen molar-refractivity contribution >= 4 is 21.9 Å². The zero-order valence-electron chi connectivity index (χ0n) is 14.6. The monoisotopic (exact) mass is 380 g/mol. The molecule has 8 heteroatoms. The van der Waals surface area contributed by atoms with Crippen molar-refractivity contribution in [3.8, 4) is 0 Å². The molecular weight excluding hydrogens is 356 g/mol. The second kappa shape index (κ2) is 7.75. The van der Waals surface area contributed by atoms with Crippen LogP contribution in [0.5, 0.6) is 0 Å². The fraction of sp³-hybridized carbons (Fsp3) is 0.556. The molecule has 2 aliphatic rings. The fourth-order valence-electron chi connectivity index (χ4n) is 3.63. The first kappa shape index (κ1) is 18.8. The van der Waals surface area contributed by atoms with Crippen LogP contribution in [0, 0.1) is 0 Å². The summed E-state index contributed by atoms with van der Waals surface area (Å²) in [7, 11) is -3.48. The summed E-state index contributed by atoms with van der Waals surface area (Å²) in [5, 5.41) is 9.18. The van der Waals surface area contributed by atoms with Crippen LogP contribution in [-0.2, 0) is 26.0 Å². The molecule has 0 saturated carbocycles. The van der Waals surface area contributed by atoms with Crippen molar-refractivity contribution < 1.29 is 23.1 Å². The Balaban J connectivity index is 1.68. The second-order valence-electron chi connectivity index (χ2n) is 6.87. The summed E-state index contributed by atoms with van der Waals surface area (Å²) >= 11 is 0. The Morgan fingerprint density at radius 3 is 2.27 bits per heavy atom. The topological polar surface area (TPSA) is 95.0 Å². The van der Waals surface area contributed by atoms with Gasteiger partial charge in [-0.3, -0.25) is 4.79 Å². The lowest BCUT2D eigenvalue weighted by Crippen LogP contribution is -2.41. The molecular formula is C18H24N2O5S. The van der Waals surface area contributed by atoms with Gasteiger partial charge in [0, 0.05) is 19.6 Å². The molecule has 1 aromatic rings. The van der Waals surface area contributed by atoms with Gasteiger partial charge in [0.25, 0.3) is 0 Å². The maximum atomic E-state index is 12.6. The van der Waals surface area contributed by atoms with Gasteiger partial charge in [-0.15, -0.1) is 0 Å². The molecule has 2 heterocycles. The summed E-state index contributed by atoms with van der Waals surface area (Å²) in [6, 6.07) is 5.60. The van der Waals surface area contributed by atoms with Gasteiger partial charge < -0.3 is 10.0 Å². The van der Waals surface area contributed by atoms with E-state index in [1.54, 1.807) is 12.1 Å². The number of rotatable bonds is 5. The zero-order chi connectivity index (χ0) is 18.7. The van der Waals surface area contributed by atoms with Crippen molar-refractivity contribution in [2.45, 2.75) is 49.5 Å². The first-order valence-electron chi connectivity index (χ1n) is 9.01. The number of carboxylic acids is 1. The largest absolute Gasteiger partial charge is 0.480 e. The third kappa shape index (κ3) is 3.91. The first-order valence-corrected chi connectivity index (χ1v) is 10.4. The van der Waals surface area contributed by atoms with Crippen molar-refractivity contribution in [1.29, 1.82) is 0 Å². The Morgan fingerprint density at radius 1 is 1.00 bits per heavy atom. The lowest BCUT2D eigenvalue weighted by molar-refractivity contribution is -0.148. The number of hydrogen-bond acceptors (Lipinski definition) is 4. The maximum Gasteiger partial charge on any atom is 0.326 e. The summed E-state index contributed by atoms with van der Waals surface area (Å²) in [5.74, 6) is -1.21. The van der Waals surface area contributed by atoms with E-state index in [2.05, 4.69) is 0 Å². The number of aliphatic carboxylic acids is 1. The lowest BCUT2D eigenvalue weighted by atomic mass is 10.1. The van der Waals surface area contributed by atoms with Gasteiger partial charge in [-0.05, 0) is 43.4 Å². The second-order valence-corrected chi connectivity index (χ2v) is 8.81. The van der Waals surface area contributed by atoms with Crippen LogP contribution in [0.4, 0.5) is 0 Å². The van der Waals surface area contributed by atoms with E-state index in [1.807, 2.05) is 0 Å². The van der Waals surface area contributed by atoms with Crippen molar-refractivity contribution in [2.24, 2.45) is 0 Å². The Bertz CT molecular complexity index is 769. The molecule has 0 bridgehead atoms. The minimum Gasteiger partial charge on any atom is -0.480 e. The summed E-state index contributed by atoms with van der Waals surface area (Å²) in [4.78, 5) is 25.2. The molecule has 0 aliphatic carbocycles. The summed E-state index contributed by atoms with van der Waals surface area (Å²) in [5.41, 5.74) is 0.684. The number of amides is 1. The van der Waals surface area contributed by atoms with E-state index in [9.17, 15) is 23.1 Å². The van der Waals surface area contributed by atoms with Crippen molar-refractivity contribution in [3.63, 3.8) is 0 Å². The molecule has 0 unspecified atom stereocenters. The van der Waals surface area contributed by atoms with Crippen molar-refractivity contribution in [3.05, 3.63) is 29.8 Å². The number of hydrogen-bond donors (Lipinski definition) is 1. The molecule has 26 heavy (non-hydrogen) atoms. The molecule has 1 atom stereocenters. The van der Waals surface area contributed by atoms with Gasteiger partial charge in [-0.2, -0.15) is 4.31 Å². The molecule has 2 fully saturated rings. The molecule has 0 radical (unpaired) electrons. The summed E-state index contributed by atoms with van der Waals surface area (Å²) < 4.78 is 26.8. The quantitative estimate of drug-likeness (QED) is 0.835. The van der Waals surface area contributed by atoms with Crippen LogP contribution in [-0.4, -0.2) is 60.3 Å². The number of likely N-dealkylation sites (tertiary alicyclic amines) is 1. The average Bonchev–Trinajstić information content (AvgIpc) is 3.13. The normalized spacial score (nSPS) is 21.7. The number of benzene rings is 1. The third-order valence-corrected chi connectivity index (χ3v) is 7.00. The standard InChI is InChI=1S/C18H24N2O5S/c21-17(20-12-4-5-16(20)18(22)23)13-14-6-8-15(9-7-14)26(24,25)19-10-2-1-3-11-19/h6-9,16H,1-5,10-13H2,(H,22,23)/t16-/m1/s1. The van der Waals surface area contributed by atoms with Crippen LogP contribution < -0.4 is 0 Å². The number of sulfonamides is 1. The Hall–Kier alpha value is -1.93. The lowest BCUT2D eigenvalue weighted by Gasteiger charge is -2.26. The highest BCUT2D eigenvalue weighted by atomic mass is 32.2. The summed E-state index contributed by atoms with van der Waals surface area (Å²) in [6.45, 7) is 1.55. The van der Waals surface area contributed by atoms with Crippen LogP contribution in [0.1, 0.15) is 37.7 Å². The minimum absolute atomic E-state index is 0.0772. The molecule has 7 nitrogen and oxygen atoms in total.